The lowest BCUT2D eigenvalue weighted by Crippen LogP contribution is -2.56. The van der Waals surface area contributed by atoms with Gasteiger partial charge in [0.1, 0.15) is 0 Å². The zero-order valence-corrected chi connectivity index (χ0v) is 18.9. The minimum atomic E-state index is -1.56. The van der Waals surface area contributed by atoms with Crippen molar-refractivity contribution in [3.63, 3.8) is 0 Å². The first-order chi connectivity index (χ1) is 13.2. The van der Waals surface area contributed by atoms with Crippen LogP contribution in [-0.2, 0) is 25.1 Å². The normalized spacial score (nSPS) is 25.2. The molecule has 0 aromatic heterocycles. The molecule has 3 rings (SSSR count). The molecule has 154 valence electrons. The minimum absolute atomic E-state index is 0.297. The predicted molar refractivity (Wildman–Crippen MR) is 112 cm³/mol. The lowest BCUT2D eigenvalue weighted by atomic mass is 9.51. The van der Waals surface area contributed by atoms with Crippen LogP contribution in [0.25, 0.3) is 0 Å². The molecule has 0 N–H and O–H groups in total. The molecule has 0 amide bonds. The van der Waals surface area contributed by atoms with Crippen LogP contribution < -0.4 is 0 Å². The molecular formula is C23H34O4Si. The third-order valence-electron chi connectivity index (χ3n) is 7.65. The third-order valence-corrected chi connectivity index (χ3v) is 10.6. The molecule has 5 heteroatoms. The van der Waals surface area contributed by atoms with Crippen LogP contribution in [0.1, 0.15) is 38.2 Å². The first-order valence-electron chi connectivity index (χ1n) is 10.4. The zero-order valence-electron chi connectivity index (χ0n) is 17.9. The summed E-state index contributed by atoms with van der Waals surface area (Å²) in [6.45, 7) is 7.11. The highest BCUT2D eigenvalue weighted by atomic mass is 28.3. The van der Waals surface area contributed by atoms with E-state index in [0.717, 1.165) is 31.4 Å². The van der Waals surface area contributed by atoms with Crippen LogP contribution in [0.15, 0.2) is 30.3 Å². The summed E-state index contributed by atoms with van der Waals surface area (Å²) in [5.41, 5.74) is -0.0409. The number of ether oxygens (including phenoxy) is 2. The minimum Gasteiger partial charge on any atom is -0.468 e. The van der Waals surface area contributed by atoms with E-state index in [9.17, 15) is 9.59 Å². The molecule has 4 nitrogen and oxygen atoms in total. The number of benzene rings is 1. The Kier molecular flexibility index (Phi) is 5.77. The molecule has 1 spiro atoms. The van der Waals surface area contributed by atoms with Crippen molar-refractivity contribution in [3.05, 3.63) is 35.9 Å². The molecule has 2 aliphatic rings. The average Bonchev–Trinajstić information content (AvgIpc) is 2.90. The Morgan fingerprint density at radius 1 is 1.07 bits per heavy atom. The van der Waals surface area contributed by atoms with Crippen LogP contribution >= 0.6 is 0 Å². The van der Waals surface area contributed by atoms with Crippen molar-refractivity contribution in [2.75, 3.05) is 14.2 Å². The van der Waals surface area contributed by atoms with E-state index in [-0.39, 0.29) is 5.41 Å². The standard InChI is InChI=1S/C23H34O4Si/c1-17-19(16-28(4,5)15-18-10-7-6-8-11-18)14-23(20(24)26-2,21(25)27-3)22(17)12-9-13-22/h6-8,10-11,17,19H,9,12-16H2,1-5H3/t17-,19-/m0/s1. The molecule has 0 unspecified atom stereocenters. The number of hydrogen-bond donors (Lipinski definition) is 0. The monoisotopic (exact) mass is 402 g/mol. The lowest BCUT2D eigenvalue weighted by Gasteiger charge is -2.51. The number of esters is 2. The number of carbonyl (C=O) groups excluding carboxylic acids is 2. The number of methoxy groups -OCH3 is 2. The topological polar surface area (TPSA) is 52.6 Å². The van der Waals surface area contributed by atoms with Crippen LogP contribution in [0.4, 0.5) is 0 Å². The highest BCUT2D eigenvalue weighted by Gasteiger charge is 2.72. The van der Waals surface area contributed by atoms with E-state index in [2.05, 4.69) is 50.3 Å². The average molecular weight is 403 g/mol. The summed E-state index contributed by atoms with van der Waals surface area (Å²) in [5.74, 6) is -0.113. The van der Waals surface area contributed by atoms with Crippen LogP contribution in [0.2, 0.25) is 19.1 Å². The van der Waals surface area contributed by atoms with Crippen molar-refractivity contribution in [1.82, 2.24) is 0 Å². The molecule has 2 saturated carbocycles. The van der Waals surface area contributed by atoms with Gasteiger partial charge in [0.05, 0.1) is 22.3 Å². The lowest BCUT2D eigenvalue weighted by molar-refractivity contribution is -0.186. The van der Waals surface area contributed by atoms with Crippen LogP contribution in [-0.4, -0.2) is 34.2 Å². The van der Waals surface area contributed by atoms with Crippen molar-refractivity contribution >= 4 is 20.0 Å². The van der Waals surface area contributed by atoms with E-state index >= 15 is 0 Å². The highest BCUT2D eigenvalue weighted by Crippen LogP contribution is 2.69. The summed E-state index contributed by atoms with van der Waals surface area (Å²) in [7, 11) is 1.23. The molecule has 28 heavy (non-hydrogen) atoms. The van der Waals surface area contributed by atoms with Crippen molar-refractivity contribution < 1.29 is 19.1 Å². The maximum absolute atomic E-state index is 13.0. The van der Waals surface area contributed by atoms with Crippen molar-refractivity contribution in [1.29, 1.82) is 0 Å². The molecule has 0 bridgehead atoms. The molecule has 2 atom stereocenters. The summed E-state index contributed by atoms with van der Waals surface area (Å²) >= 11 is 0. The summed E-state index contributed by atoms with van der Waals surface area (Å²) in [6, 6.07) is 12.9. The van der Waals surface area contributed by atoms with Gasteiger partial charge in [0.25, 0.3) is 0 Å². The van der Waals surface area contributed by atoms with E-state index in [1.54, 1.807) is 0 Å². The molecule has 2 aliphatic carbocycles. The molecule has 1 aromatic carbocycles. The predicted octanol–water partition coefficient (Wildman–Crippen LogP) is 4.64. The fourth-order valence-corrected chi connectivity index (χ4v) is 9.64. The van der Waals surface area contributed by atoms with Gasteiger partial charge in [0, 0.05) is 5.41 Å². The number of hydrogen-bond acceptors (Lipinski definition) is 4. The zero-order chi connectivity index (χ0) is 20.6. The van der Waals surface area contributed by atoms with E-state index in [0.29, 0.717) is 18.3 Å². The number of carbonyl (C=O) groups is 2. The van der Waals surface area contributed by atoms with Crippen molar-refractivity contribution in [3.8, 4) is 0 Å². The van der Waals surface area contributed by atoms with Gasteiger partial charge in [-0.2, -0.15) is 0 Å². The van der Waals surface area contributed by atoms with E-state index < -0.39 is 25.4 Å². The number of rotatable bonds is 6. The molecule has 0 aliphatic heterocycles. The molecular weight excluding hydrogens is 368 g/mol. The van der Waals surface area contributed by atoms with Gasteiger partial charge in [-0.1, -0.05) is 68.4 Å². The van der Waals surface area contributed by atoms with E-state index in [1.165, 1.54) is 19.8 Å². The quantitative estimate of drug-likeness (QED) is 0.395. The molecule has 2 fully saturated rings. The van der Waals surface area contributed by atoms with Crippen molar-refractivity contribution in [2.45, 2.75) is 57.8 Å². The van der Waals surface area contributed by atoms with Crippen molar-refractivity contribution in [2.24, 2.45) is 22.7 Å². The van der Waals surface area contributed by atoms with Gasteiger partial charge in [-0.15, -0.1) is 0 Å². The largest absolute Gasteiger partial charge is 0.468 e. The van der Waals surface area contributed by atoms with Gasteiger partial charge >= 0.3 is 11.9 Å². The Morgan fingerprint density at radius 3 is 2.11 bits per heavy atom. The van der Waals surface area contributed by atoms with Gasteiger partial charge in [-0.05, 0) is 37.1 Å². The van der Waals surface area contributed by atoms with Gasteiger partial charge in [-0.3, -0.25) is 9.59 Å². The first-order valence-corrected chi connectivity index (χ1v) is 13.8. The Balaban J connectivity index is 1.89. The van der Waals surface area contributed by atoms with E-state index in [4.69, 9.17) is 9.47 Å². The van der Waals surface area contributed by atoms with Gasteiger partial charge < -0.3 is 9.47 Å². The second kappa shape index (κ2) is 7.66. The Bertz CT molecular complexity index is 707. The van der Waals surface area contributed by atoms with Crippen LogP contribution in [0.5, 0.6) is 0 Å². The second-order valence-electron chi connectivity index (χ2n) is 9.68. The maximum atomic E-state index is 13.0. The Hall–Kier alpha value is -1.62. The summed E-state index contributed by atoms with van der Waals surface area (Å²) in [6.07, 6.45) is 3.46. The SMILES string of the molecule is COC(=O)C1(C(=O)OC)C[C@@H](C[Si](C)(C)Cc2ccccc2)[C@H](C)C12CCC2. The molecule has 0 heterocycles. The fraction of sp³-hybridized carbons (Fsp3) is 0.652. The molecule has 0 saturated heterocycles. The fourth-order valence-electron chi connectivity index (χ4n) is 6.24. The highest BCUT2D eigenvalue weighted by molar-refractivity contribution is 6.76. The van der Waals surface area contributed by atoms with Crippen LogP contribution in [0, 0.1) is 22.7 Å². The maximum Gasteiger partial charge on any atom is 0.323 e. The Morgan fingerprint density at radius 2 is 1.64 bits per heavy atom. The van der Waals surface area contributed by atoms with E-state index in [1.807, 2.05) is 0 Å². The van der Waals surface area contributed by atoms with Gasteiger partial charge in [0.2, 0.25) is 0 Å². The smallest absolute Gasteiger partial charge is 0.323 e. The summed E-state index contributed by atoms with van der Waals surface area (Å²) in [5, 5.41) is 0. The molecule has 0 radical (unpaired) electrons. The summed E-state index contributed by atoms with van der Waals surface area (Å²) < 4.78 is 10.4. The van der Waals surface area contributed by atoms with Crippen LogP contribution in [0.3, 0.4) is 0 Å². The first kappa shape index (κ1) is 21.1. The van der Waals surface area contributed by atoms with Gasteiger partial charge in [0.15, 0.2) is 5.41 Å². The van der Waals surface area contributed by atoms with Gasteiger partial charge in [-0.25, -0.2) is 0 Å². The summed E-state index contributed by atoms with van der Waals surface area (Å²) in [4.78, 5) is 26.0. The molecule has 1 aromatic rings. The third kappa shape index (κ3) is 3.21. The second-order valence-corrected chi connectivity index (χ2v) is 14.8. The Labute approximate surface area is 170 Å².